The highest BCUT2D eigenvalue weighted by Crippen LogP contribution is 2.32. The van der Waals surface area contributed by atoms with Crippen molar-refractivity contribution in [1.82, 2.24) is 0 Å². The van der Waals surface area contributed by atoms with Crippen LogP contribution in [0.5, 0.6) is 5.75 Å². The van der Waals surface area contributed by atoms with Crippen LogP contribution in [-0.2, 0) is 0 Å². The largest absolute Gasteiger partial charge is 0.507 e. The Kier molecular flexibility index (Phi) is 4.05. The molecule has 0 fully saturated rings. The first-order valence-electron chi connectivity index (χ1n) is 6.46. The normalized spacial score (nSPS) is 12.4. The lowest BCUT2D eigenvalue weighted by Crippen LogP contribution is -2.03. The van der Waals surface area contributed by atoms with Gasteiger partial charge in [0.15, 0.2) is 0 Å². The summed E-state index contributed by atoms with van der Waals surface area (Å²) in [5.41, 5.74) is 2.29. The van der Waals surface area contributed by atoms with E-state index in [-0.39, 0.29) is 11.7 Å². The predicted octanol–water partition coefficient (Wildman–Crippen LogP) is 4.51. The van der Waals surface area contributed by atoms with Crippen molar-refractivity contribution in [3.05, 3.63) is 51.2 Å². The number of rotatable bonds is 4. The van der Waals surface area contributed by atoms with Gasteiger partial charge in [0.1, 0.15) is 5.75 Å². The number of hydrogen-bond acceptors (Lipinski definition) is 3. The Morgan fingerprint density at radius 2 is 2.16 bits per heavy atom. The van der Waals surface area contributed by atoms with E-state index in [0.29, 0.717) is 11.3 Å². The summed E-state index contributed by atoms with van der Waals surface area (Å²) in [5.74, 6) is 0.592. The number of aromatic hydroxyl groups is 1. The van der Waals surface area contributed by atoms with Crippen LogP contribution >= 0.6 is 11.3 Å². The summed E-state index contributed by atoms with van der Waals surface area (Å²) in [4.78, 5) is 13.1. The number of phenolic OH excluding ortho intramolecular Hbond substituents is 1. The van der Waals surface area contributed by atoms with Gasteiger partial charge in [0, 0.05) is 5.56 Å². The van der Waals surface area contributed by atoms with Gasteiger partial charge in [-0.1, -0.05) is 19.9 Å². The molecule has 2 nitrogen and oxygen atoms in total. The summed E-state index contributed by atoms with van der Waals surface area (Å²) in [6.45, 7) is 5.98. The van der Waals surface area contributed by atoms with E-state index in [9.17, 15) is 9.90 Å². The molecule has 1 unspecified atom stereocenters. The van der Waals surface area contributed by atoms with Crippen molar-refractivity contribution in [2.24, 2.45) is 0 Å². The molecule has 2 aromatic rings. The lowest BCUT2D eigenvalue weighted by Gasteiger charge is -2.14. The van der Waals surface area contributed by atoms with Crippen LogP contribution in [0.15, 0.2) is 29.6 Å². The standard InChI is InChI=1S/C16H18O2S/c1-4-10(2)13-9-12(8-11(3)15(13)17)16(18)14-6-5-7-19-14/h5-10,17H,4H2,1-3H3. The average molecular weight is 274 g/mol. The molecule has 1 aromatic heterocycles. The molecule has 1 N–H and O–H groups in total. The molecule has 0 spiro atoms. The first-order chi connectivity index (χ1) is 9.04. The third-order valence-corrected chi connectivity index (χ3v) is 4.35. The van der Waals surface area contributed by atoms with Crippen LogP contribution in [-0.4, -0.2) is 10.9 Å². The van der Waals surface area contributed by atoms with Gasteiger partial charge in [-0.3, -0.25) is 4.79 Å². The number of ketones is 1. The van der Waals surface area contributed by atoms with Crippen molar-refractivity contribution in [1.29, 1.82) is 0 Å². The van der Waals surface area contributed by atoms with Crippen LogP contribution in [0, 0.1) is 6.92 Å². The Balaban J connectivity index is 2.48. The molecular weight excluding hydrogens is 256 g/mol. The van der Waals surface area contributed by atoms with Gasteiger partial charge in [-0.25, -0.2) is 0 Å². The summed E-state index contributed by atoms with van der Waals surface area (Å²) in [6.07, 6.45) is 0.934. The second kappa shape index (κ2) is 5.57. The molecule has 3 heteroatoms. The summed E-state index contributed by atoms with van der Waals surface area (Å²) in [5, 5.41) is 12.0. The highest BCUT2D eigenvalue weighted by Gasteiger charge is 2.17. The monoisotopic (exact) mass is 274 g/mol. The van der Waals surface area contributed by atoms with Crippen molar-refractivity contribution >= 4 is 17.1 Å². The zero-order chi connectivity index (χ0) is 14.0. The molecular formula is C16H18O2S. The summed E-state index contributed by atoms with van der Waals surface area (Å²) < 4.78 is 0. The van der Waals surface area contributed by atoms with Crippen LogP contribution in [0.3, 0.4) is 0 Å². The zero-order valence-electron chi connectivity index (χ0n) is 11.4. The number of thiophene rings is 1. The lowest BCUT2D eigenvalue weighted by atomic mass is 9.92. The van der Waals surface area contributed by atoms with Gasteiger partial charge in [0.2, 0.25) is 5.78 Å². The molecule has 0 amide bonds. The topological polar surface area (TPSA) is 37.3 Å². The molecule has 1 heterocycles. The quantitative estimate of drug-likeness (QED) is 0.833. The number of aryl methyl sites for hydroxylation is 1. The average Bonchev–Trinajstić information content (AvgIpc) is 2.94. The maximum Gasteiger partial charge on any atom is 0.202 e. The van der Waals surface area contributed by atoms with E-state index in [1.165, 1.54) is 11.3 Å². The second-order valence-corrected chi connectivity index (χ2v) is 5.79. The van der Waals surface area contributed by atoms with Crippen LogP contribution in [0.1, 0.15) is 52.5 Å². The minimum Gasteiger partial charge on any atom is -0.507 e. The zero-order valence-corrected chi connectivity index (χ0v) is 12.3. The third kappa shape index (κ3) is 2.71. The predicted molar refractivity (Wildman–Crippen MR) is 79.3 cm³/mol. The van der Waals surface area contributed by atoms with Crippen molar-refractivity contribution < 1.29 is 9.90 Å². The summed E-state index contributed by atoms with van der Waals surface area (Å²) in [7, 11) is 0. The van der Waals surface area contributed by atoms with Crippen molar-refractivity contribution in [2.75, 3.05) is 0 Å². The van der Waals surface area contributed by atoms with E-state index in [1.54, 1.807) is 6.07 Å². The van der Waals surface area contributed by atoms with Crippen molar-refractivity contribution in [2.45, 2.75) is 33.1 Å². The fourth-order valence-corrected chi connectivity index (χ4v) is 2.77. The molecule has 0 aliphatic heterocycles. The van der Waals surface area contributed by atoms with E-state index >= 15 is 0 Å². The minimum atomic E-state index is 0.0302. The van der Waals surface area contributed by atoms with E-state index < -0.39 is 0 Å². The SMILES string of the molecule is CCC(C)c1cc(C(=O)c2cccs2)cc(C)c1O. The van der Waals surface area contributed by atoms with Crippen molar-refractivity contribution in [3.63, 3.8) is 0 Å². The Hall–Kier alpha value is -1.61. The minimum absolute atomic E-state index is 0.0302. The molecule has 0 saturated heterocycles. The highest BCUT2D eigenvalue weighted by molar-refractivity contribution is 7.12. The van der Waals surface area contributed by atoms with E-state index in [2.05, 4.69) is 13.8 Å². The Labute approximate surface area is 117 Å². The summed E-state index contributed by atoms with van der Waals surface area (Å²) in [6, 6.07) is 7.31. The number of carbonyl (C=O) groups is 1. The molecule has 2 rings (SSSR count). The van der Waals surface area contributed by atoms with Gasteiger partial charge in [-0.15, -0.1) is 11.3 Å². The van der Waals surface area contributed by atoms with E-state index in [1.807, 2.05) is 30.5 Å². The van der Waals surface area contributed by atoms with Gasteiger partial charge < -0.3 is 5.11 Å². The molecule has 1 aromatic carbocycles. The van der Waals surface area contributed by atoms with Crippen LogP contribution in [0.25, 0.3) is 0 Å². The first kappa shape index (κ1) is 13.8. The molecule has 0 aliphatic carbocycles. The fourth-order valence-electron chi connectivity index (χ4n) is 2.08. The van der Waals surface area contributed by atoms with Gasteiger partial charge in [0.25, 0.3) is 0 Å². The lowest BCUT2D eigenvalue weighted by molar-refractivity contribution is 0.104. The molecule has 0 aliphatic rings. The molecule has 0 saturated carbocycles. The Morgan fingerprint density at radius 1 is 1.42 bits per heavy atom. The smallest absolute Gasteiger partial charge is 0.202 e. The Bertz CT molecular complexity index is 585. The van der Waals surface area contributed by atoms with Crippen LogP contribution < -0.4 is 0 Å². The molecule has 19 heavy (non-hydrogen) atoms. The van der Waals surface area contributed by atoms with Crippen LogP contribution in [0.2, 0.25) is 0 Å². The molecule has 100 valence electrons. The highest BCUT2D eigenvalue weighted by atomic mass is 32.1. The number of carbonyl (C=O) groups excluding carboxylic acids is 1. The third-order valence-electron chi connectivity index (χ3n) is 3.48. The van der Waals surface area contributed by atoms with Gasteiger partial charge in [0.05, 0.1) is 4.88 Å². The maximum absolute atomic E-state index is 12.4. The van der Waals surface area contributed by atoms with Gasteiger partial charge in [-0.05, 0) is 54.0 Å². The molecule has 1 atom stereocenters. The van der Waals surface area contributed by atoms with Gasteiger partial charge in [-0.2, -0.15) is 0 Å². The first-order valence-corrected chi connectivity index (χ1v) is 7.34. The number of benzene rings is 1. The maximum atomic E-state index is 12.4. The van der Waals surface area contributed by atoms with Gasteiger partial charge >= 0.3 is 0 Å². The van der Waals surface area contributed by atoms with Crippen molar-refractivity contribution in [3.8, 4) is 5.75 Å². The van der Waals surface area contributed by atoms with Crippen LogP contribution in [0.4, 0.5) is 0 Å². The number of hydrogen-bond donors (Lipinski definition) is 1. The molecule has 0 radical (unpaired) electrons. The number of phenols is 1. The summed E-state index contributed by atoms with van der Waals surface area (Å²) >= 11 is 1.44. The fraction of sp³-hybridized carbons (Fsp3) is 0.312. The van der Waals surface area contributed by atoms with E-state index in [4.69, 9.17) is 0 Å². The van der Waals surface area contributed by atoms with E-state index in [0.717, 1.165) is 22.4 Å². The molecule has 0 bridgehead atoms. The Morgan fingerprint density at radius 3 is 2.74 bits per heavy atom. The second-order valence-electron chi connectivity index (χ2n) is 4.85.